The highest BCUT2D eigenvalue weighted by Crippen LogP contribution is 2.34. The summed E-state index contributed by atoms with van der Waals surface area (Å²) in [7, 11) is 0. The Morgan fingerprint density at radius 3 is 2.61 bits per heavy atom. The van der Waals surface area contributed by atoms with Crippen molar-refractivity contribution >= 4 is 11.6 Å². The maximum absolute atomic E-state index is 12.2. The van der Waals surface area contributed by atoms with Crippen molar-refractivity contribution in [2.24, 2.45) is 5.92 Å². The molecule has 1 aromatic rings. The van der Waals surface area contributed by atoms with Gasteiger partial charge in [0.15, 0.2) is 0 Å². The molecule has 0 saturated heterocycles. The fourth-order valence-corrected chi connectivity index (χ4v) is 3.02. The summed E-state index contributed by atoms with van der Waals surface area (Å²) in [6.45, 7) is 9.51. The highest BCUT2D eigenvalue weighted by atomic mass is 16.2. The Balaban J connectivity index is 2.46. The number of amides is 1. The van der Waals surface area contributed by atoms with Gasteiger partial charge in [0.1, 0.15) is 5.66 Å². The Morgan fingerprint density at radius 1 is 1.33 bits per heavy atom. The number of carbonyl (C=O) groups excluding carboxylic acids is 1. The third kappa shape index (κ3) is 2.09. The van der Waals surface area contributed by atoms with Crippen molar-refractivity contribution < 1.29 is 4.79 Å². The van der Waals surface area contributed by atoms with E-state index in [9.17, 15) is 4.79 Å². The first kappa shape index (κ1) is 12.9. The van der Waals surface area contributed by atoms with Crippen LogP contribution in [0.4, 0.5) is 5.69 Å². The predicted molar refractivity (Wildman–Crippen MR) is 74.8 cm³/mol. The van der Waals surface area contributed by atoms with Crippen LogP contribution in [-0.2, 0) is 0 Å². The lowest BCUT2D eigenvalue weighted by molar-refractivity contribution is 0.0876. The number of benzene rings is 1. The van der Waals surface area contributed by atoms with Gasteiger partial charge in [0, 0.05) is 6.54 Å². The molecule has 2 rings (SSSR count). The molecule has 3 nitrogen and oxygen atoms in total. The third-order valence-electron chi connectivity index (χ3n) is 3.54. The van der Waals surface area contributed by atoms with Gasteiger partial charge in [-0.1, -0.05) is 26.0 Å². The molecule has 1 amide bonds. The smallest absolute Gasteiger partial charge is 0.255 e. The summed E-state index contributed by atoms with van der Waals surface area (Å²) in [5, 5.41) is 3.17. The van der Waals surface area contributed by atoms with Crippen LogP contribution in [0.25, 0.3) is 0 Å². The molecule has 1 N–H and O–H groups in total. The first-order chi connectivity index (χ1) is 8.48. The van der Waals surface area contributed by atoms with E-state index in [1.165, 1.54) is 0 Å². The standard InChI is InChI=1S/C15H22N2O/c1-5-17-13-9-7-6-8-12(13)14(18)16-15(17,4)10-11(2)3/h6-9,11H,5,10H2,1-4H3,(H,16,18). The number of rotatable bonds is 3. The number of carbonyl (C=O) groups is 1. The van der Waals surface area contributed by atoms with Crippen LogP contribution < -0.4 is 10.2 Å². The topological polar surface area (TPSA) is 32.3 Å². The zero-order chi connectivity index (χ0) is 13.3. The molecule has 0 aromatic heterocycles. The second kappa shape index (κ2) is 4.63. The Morgan fingerprint density at radius 2 is 2.00 bits per heavy atom. The van der Waals surface area contributed by atoms with Gasteiger partial charge < -0.3 is 10.2 Å². The van der Waals surface area contributed by atoms with E-state index in [-0.39, 0.29) is 11.6 Å². The monoisotopic (exact) mass is 246 g/mol. The molecule has 1 aromatic carbocycles. The molecule has 0 saturated carbocycles. The van der Waals surface area contributed by atoms with Crippen molar-refractivity contribution in [1.82, 2.24) is 5.32 Å². The predicted octanol–water partition coefficient (Wildman–Crippen LogP) is 3.02. The molecule has 18 heavy (non-hydrogen) atoms. The number of para-hydroxylation sites is 1. The maximum atomic E-state index is 12.2. The van der Waals surface area contributed by atoms with E-state index in [0.29, 0.717) is 5.92 Å². The lowest BCUT2D eigenvalue weighted by atomic mass is 9.92. The molecule has 1 heterocycles. The van der Waals surface area contributed by atoms with E-state index in [2.05, 4.69) is 37.9 Å². The van der Waals surface area contributed by atoms with Crippen molar-refractivity contribution in [1.29, 1.82) is 0 Å². The molecule has 98 valence electrons. The number of fused-ring (bicyclic) bond motifs is 1. The van der Waals surface area contributed by atoms with Crippen LogP contribution in [0.15, 0.2) is 24.3 Å². The molecular weight excluding hydrogens is 224 g/mol. The van der Waals surface area contributed by atoms with Gasteiger partial charge in [0.05, 0.1) is 11.3 Å². The average molecular weight is 246 g/mol. The van der Waals surface area contributed by atoms with Gasteiger partial charge in [-0.25, -0.2) is 0 Å². The Labute approximate surface area is 109 Å². The van der Waals surface area contributed by atoms with Crippen molar-refractivity contribution in [3.05, 3.63) is 29.8 Å². The average Bonchev–Trinajstić information content (AvgIpc) is 2.28. The second-order valence-corrected chi connectivity index (χ2v) is 5.59. The first-order valence-corrected chi connectivity index (χ1v) is 6.67. The van der Waals surface area contributed by atoms with Crippen molar-refractivity contribution in [3.8, 4) is 0 Å². The van der Waals surface area contributed by atoms with Gasteiger partial charge in [0.2, 0.25) is 0 Å². The van der Waals surface area contributed by atoms with E-state index in [4.69, 9.17) is 0 Å². The zero-order valence-electron chi connectivity index (χ0n) is 11.7. The Hall–Kier alpha value is -1.51. The van der Waals surface area contributed by atoms with E-state index >= 15 is 0 Å². The molecule has 3 heteroatoms. The van der Waals surface area contributed by atoms with Crippen LogP contribution >= 0.6 is 0 Å². The first-order valence-electron chi connectivity index (χ1n) is 6.67. The van der Waals surface area contributed by atoms with E-state index in [1.54, 1.807) is 0 Å². The molecular formula is C15H22N2O. The maximum Gasteiger partial charge on any atom is 0.255 e. The molecule has 0 aliphatic carbocycles. The minimum Gasteiger partial charge on any atom is -0.349 e. The summed E-state index contributed by atoms with van der Waals surface area (Å²) >= 11 is 0. The SMILES string of the molecule is CCN1c2ccccc2C(=O)NC1(C)CC(C)C. The van der Waals surface area contributed by atoms with Crippen LogP contribution in [0.2, 0.25) is 0 Å². The molecule has 0 radical (unpaired) electrons. The minimum atomic E-state index is -0.283. The summed E-state index contributed by atoms with van der Waals surface area (Å²) in [5.41, 5.74) is 1.54. The summed E-state index contributed by atoms with van der Waals surface area (Å²) < 4.78 is 0. The number of hydrogen-bond acceptors (Lipinski definition) is 2. The van der Waals surface area contributed by atoms with Gasteiger partial charge in [-0.2, -0.15) is 0 Å². The third-order valence-corrected chi connectivity index (χ3v) is 3.54. The zero-order valence-corrected chi connectivity index (χ0v) is 11.7. The lowest BCUT2D eigenvalue weighted by Crippen LogP contribution is -2.62. The van der Waals surface area contributed by atoms with E-state index in [0.717, 1.165) is 24.2 Å². The number of nitrogens with one attached hydrogen (secondary N) is 1. The quantitative estimate of drug-likeness (QED) is 0.889. The molecule has 1 unspecified atom stereocenters. The fraction of sp³-hybridized carbons (Fsp3) is 0.533. The number of hydrogen-bond donors (Lipinski definition) is 1. The van der Waals surface area contributed by atoms with Crippen molar-refractivity contribution in [3.63, 3.8) is 0 Å². The summed E-state index contributed by atoms with van der Waals surface area (Å²) in [5.74, 6) is 0.577. The van der Waals surface area contributed by atoms with Crippen LogP contribution in [0, 0.1) is 5.92 Å². The van der Waals surface area contributed by atoms with Crippen LogP contribution in [-0.4, -0.2) is 18.1 Å². The second-order valence-electron chi connectivity index (χ2n) is 5.59. The van der Waals surface area contributed by atoms with E-state index in [1.807, 2.05) is 24.3 Å². The molecule has 1 aliphatic heterocycles. The molecule has 1 atom stereocenters. The summed E-state index contributed by atoms with van der Waals surface area (Å²) in [6, 6.07) is 7.84. The molecule has 0 fully saturated rings. The number of nitrogens with zero attached hydrogens (tertiary/aromatic N) is 1. The lowest BCUT2D eigenvalue weighted by Gasteiger charge is -2.47. The fourth-order valence-electron chi connectivity index (χ4n) is 3.02. The van der Waals surface area contributed by atoms with Crippen LogP contribution in [0.3, 0.4) is 0 Å². The molecule has 0 spiro atoms. The summed E-state index contributed by atoms with van der Waals surface area (Å²) in [4.78, 5) is 14.5. The van der Waals surface area contributed by atoms with Gasteiger partial charge in [0.25, 0.3) is 5.91 Å². The van der Waals surface area contributed by atoms with Gasteiger partial charge in [-0.3, -0.25) is 4.79 Å². The number of anilines is 1. The Kier molecular flexibility index (Phi) is 3.33. The minimum absolute atomic E-state index is 0.0402. The molecule has 1 aliphatic rings. The van der Waals surface area contributed by atoms with Crippen LogP contribution in [0.5, 0.6) is 0 Å². The summed E-state index contributed by atoms with van der Waals surface area (Å²) in [6.07, 6.45) is 0.945. The van der Waals surface area contributed by atoms with Gasteiger partial charge >= 0.3 is 0 Å². The molecule has 0 bridgehead atoms. The highest BCUT2D eigenvalue weighted by molar-refractivity contribution is 6.02. The van der Waals surface area contributed by atoms with Crippen molar-refractivity contribution in [2.45, 2.75) is 39.8 Å². The highest BCUT2D eigenvalue weighted by Gasteiger charge is 2.39. The van der Waals surface area contributed by atoms with Gasteiger partial charge in [-0.05, 0) is 38.3 Å². The van der Waals surface area contributed by atoms with Crippen molar-refractivity contribution in [2.75, 3.05) is 11.4 Å². The van der Waals surface area contributed by atoms with Gasteiger partial charge in [-0.15, -0.1) is 0 Å². The largest absolute Gasteiger partial charge is 0.349 e. The van der Waals surface area contributed by atoms with E-state index < -0.39 is 0 Å². The normalized spacial score (nSPS) is 22.9. The van der Waals surface area contributed by atoms with Crippen LogP contribution in [0.1, 0.15) is 44.5 Å². The Bertz CT molecular complexity index is 456.